The van der Waals surface area contributed by atoms with Crippen molar-refractivity contribution in [1.82, 2.24) is 9.97 Å². The second-order valence-corrected chi connectivity index (χ2v) is 5.99. The number of imidazole rings is 1. The molecule has 3 aromatic rings. The van der Waals surface area contributed by atoms with E-state index >= 15 is 0 Å². The fourth-order valence-electron chi connectivity index (χ4n) is 2.48. The molecule has 4 heteroatoms. The van der Waals surface area contributed by atoms with Crippen molar-refractivity contribution in [3.8, 4) is 11.3 Å². The molecule has 1 heterocycles. The van der Waals surface area contributed by atoms with Gasteiger partial charge in [0, 0.05) is 27.7 Å². The minimum absolute atomic E-state index is 0.646. The number of nitrogens with one attached hydrogen (secondary N) is 1. The van der Waals surface area contributed by atoms with E-state index in [1.807, 2.05) is 30.3 Å². The molecule has 1 N–H and O–H groups in total. The Kier molecular flexibility index (Phi) is 4.51. The number of aromatic nitrogens is 2. The van der Waals surface area contributed by atoms with Crippen LogP contribution >= 0.6 is 23.2 Å². The minimum Gasteiger partial charge on any atom is -0.345 e. The Bertz CT molecular complexity index is 779. The summed E-state index contributed by atoms with van der Waals surface area (Å²) in [5.74, 6) is 0.917. The molecule has 0 amide bonds. The second-order valence-electron chi connectivity index (χ2n) is 5.14. The molecular formula is C18H16Cl2N2. The third-order valence-corrected chi connectivity index (χ3v) is 4.19. The van der Waals surface area contributed by atoms with E-state index in [0.717, 1.165) is 34.8 Å². The second kappa shape index (κ2) is 6.55. The minimum atomic E-state index is 0.646. The van der Waals surface area contributed by atoms with Gasteiger partial charge in [-0.25, -0.2) is 4.98 Å². The Morgan fingerprint density at radius 3 is 2.50 bits per heavy atom. The zero-order valence-electron chi connectivity index (χ0n) is 12.2. The maximum atomic E-state index is 6.25. The maximum Gasteiger partial charge on any atom is 0.111 e. The van der Waals surface area contributed by atoms with Gasteiger partial charge in [-0.05, 0) is 24.1 Å². The zero-order valence-corrected chi connectivity index (χ0v) is 13.7. The van der Waals surface area contributed by atoms with Crippen molar-refractivity contribution in [2.24, 2.45) is 0 Å². The first-order chi connectivity index (χ1) is 10.7. The Hall–Kier alpha value is -1.77. The number of rotatable bonds is 4. The van der Waals surface area contributed by atoms with Crippen LogP contribution in [0.3, 0.4) is 0 Å². The van der Waals surface area contributed by atoms with Crippen molar-refractivity contribution in [3.63, 3.8) is 0 Å². The van der Waals surface area contributed by atoms with Crippen molar-refractivity contribution in [2.75, 3.05) is 0 Å². The van der Waals surface area contributed by atoms with Crippen LogP contribution in [-0.4, -0.2) is 9.97 Å². The molecule has 0 saturated heterocycles. The topological polar surface area (TPSA) is 28.7 Å². The van der Waals surface area contributed by atoms with Crippen LogP contribution in [0.15, 0.2) is 48.5 Å². The molecule has 0 unspecified atom stereocenters. The molecule has 0 saturated carbocycles. The van der Waals surface area contributed by atoms with Crippen molar-refractivity contribution >= 4 is 23.2 Å². The molecule has 112 valence electrons. The average Bonchev–Trinajstić information content (AvgIpc) is 2.94. The van der Waals surface area contributed by atoms with Crippen LogP contribution in [0.2, 0.25) is 10.0 Å². The van der Waals surface area contributed by atoms with E-state index in [0.29, 0.717) is 16.5 Å². The number of halogens is 2. The Balaban J connectivity index is 1.94. The third-order valence-electron chi connectivity index (χ3n) is 3.60. The number of aryl methyl sites for hydroxylation is 1. The van der Waals surface area contributed by atoms with Gasteiger partial charge in [-0.15, -0.1) is 0 Å². The molecule has 0 spiro atoms. The van der Waals surface area contributed by atoms with Gasteiger partial charge in [0.1, 0.15) is 5.82 Å². The van der Waals surface area contributed by atoms with Crippen molar-refractivity contribution in [3.05, 3.63) is 75.7 Å². The lowest BCUT2D eigenvalue weighted by Crippen LogP contribution is -1.92. The SMILES string of the molecule is CCc1[nH]c(Cc2ccc(Cl)cc2Cl)nc1-c1ccccc1. The Morgan fingerprint density at radius 2 is 1.82 bits per heavy atom. The summed E-state index contributed by atoms with van der Waals surface area (Å²) in [6.07, 6.45) is 1.57. The molecular weight excluding hydrogens is 315 g/mol. The maximum absolute atomic E-state index is 6.25. The summed E-state index contributed by atoms with van der Waals surface area (Å²) < 4.78 is 0. The van der Waals surface area contributed by atoms with E-state index in [2.05, 4.69) is 24.0 Å². The highest BCUT2D eigenvalue weighted by Gasteiger charge is 2.12. The third kappa shape index (κ3) is 3.18. The quantitative estimate of drug-likeness (QED) is 0.668. The van der Waals surface area contributed by atoms with Crippen LogP contribution in [0.5, 0.6) is 0 Å². The summed E-state index contributed by atoms with van der Waals surface area (Å²) in [6.45, 7) is 2.12. The van der Waals surface area contributed by atoms with Gasteiger partial charge < -0.3 is 4.98 Å². The van der Waals surface area contributed by atoms with E-state index < -0.39 is 0 Å². The summed E-state index contributed by atoms with van der Waals surface area (Å²) >= 11 is 12.2. The molecule has 0 aliphatic rings. The smallest absolute Gasteiger partial charge is 0.111 e. The summed E-state index contributed by atoms with van der Waals surface area (Å²) in [5, 5.41) is 1.32. The van der Waals surface area contributed by atoms with Crippen molar-refractivity contribution in [1.29, 1.82) is 0 Å². The number of hydrogen-bond acceptors (Lipinski definition) is 1. The number of nitrogens with zero attached hydrogens (tertiary/aromatic N) is 1. The number of H-pyrrole nitrogens is 1. The number of benzene rings is 2. The molecule has 2 nitrogen and oxygen atoms in total. The molecule has 0 fully saturated rings. The van der Waals surface area contributed by atoms with E-state index in [1.54, 1.807) is 6.07 Å². The lowest BCUT2D eigenvalue weighted by atomic mass is 10.1. The Labute approximate surface area is 140 Å². The van der Waals surface area contributed by atoms with Crippen LogP contribution in [0.4, 0.5) is 0 Å². The highest BCUT2D eigenvalue weighted by molar-refractivity contribution is 6.35. The normalized spacial score (nSPS) is 10.9. The standard InChI is InChI=1S/C18H16Cl2N2/c1-2-16-18(12-6-4-3-5-7-12)22-17(21-16)10-13-8-9-14(19)11-15(13)20/h3-9,11H,2,10H2,1H3,(H,21,22). The fraction of sp³-hybridized carbons (Fsp3) is 0.167. The van der Waals surface area contributed by atoms with E-state index in [4.69, 9.17) is 28.2 Å². The molecule has 0 aliphatic carbocycles. The molecule has 0 aliphatic heterocycles. The van der Waals surface area contributed by atoms with Crippen molar-refractivity contribution in [2.45, 2.75) is 19.8 Å². The van der Waals surface area contributed by atoms with Crippen LogP contribution in [0.1, 0.15) is 24.0 Å². The molecule has 0 atom stereocenters. The van der Waals surface area contributed by atoms with Crippen LogP contribution < -0.4 is 0 Å². The first-order valence-corrected chi connectivity index (χ1v) is 8.00. The average molecular weight is 331 g/mol. The zero-order chi connectivity index (χ0) is 15.5. The van der Waals surface area contributed by atoms with Crippen LogP contribution in [-0.2, 0) is 12.8 Å². The first-order valence-electron chi connectivity index (χ1n) is 7.24. The predicted octanol–water partition coefficient (Wildman–Crippen LogP) is 5.54. The van der Waals surface area contributed by atoms with Crippen LogP contribution in [0.25, 0.3) is 11.3 Å². The van der Waals surface area contributed by atoms with Gasteiger partial charge in [0.25, 0.3) is 0 Å². The predicted molar refractivity (Wildman–Crippen MR) is 92.7 cm³/mol. The summed E-state index contributed by atoms with van der Waals surface area (Å²) in [7, 11) is 0. The van der Waals surface area contributed by atoms with E-state index in [9.17, 15) is 0 Å². The summed E-state index contributed by atoms with van der Waals surface area (Å²) in [5.41, 5.74) is 4.31. The largest absolute Gasteiger partial charge is 0.345 e. The number of hydrogen-bond donors (Lipinski definition) is 1. The van der Waals surface area contributed by atoms with Gasteiger partial charge >= 0.3 is 0 Å². The van der Waals surface area contributed by atoms with Crippen molar-refractivity contribution < 1.29 is 0 Å². The van der Waals surface area contributed by atoms with Gasteiger partial charge in [-0.1, -0.05) is 66.5 Å². The van der Waals surface area contributed by atoms with Gasteiger partial charge in [0.15, 0.2) is 0 Å². The summed E-state index contributed by atoms with van der Waals surface area (Å²) in [4.78, 5) is 8.18. The highest BCUT2D eigenvalue weighted by atomic mass is 35.5. The van der Waals surface area contributed by atoms with Gasteiger partial charge in [0.2, 0.25) is 0 Å². The molecule has 0 radical (unpaired) electrons. The Morgan fingerprint density at radius 1 is 1.05 bits per heavy atom. The lowest BCUT2D eigenvalue weighted by Gasteiger charge is -2.02. The molecule has 1 aromatic heterocycles. The first kappa shape index (κ1) is 15.1. The molecule has 2 aromatic carbocycles. The monoisotopic (exact) mass is 330 g/mol. The van der Waals surface area contributed by atoms with Crippen LogP contribution in [0, 0.1) is 0 Å². The molecule has 3 rings (SSSR count). The summed E-state index contributed by atoms with van der Waals surface area (Å²) in [6, 6.07) is 15.8. The molecule has 0 bridgehead atoms. The van der Waals surface area contributed by atoms with E-state index in [1.165, 1.54) is 0 Å². The molecule has 22 heavy (non-hydrogen) atoms. The van der Waals surface area contributed by atoms with Gasteiger partial charge in [0.05, 0.1) is 5.69 Å². The van der Waals surface area contributed by atoms with Gasteiger partial charge in [-0.2, -0.15) is 0 Å². The lowest BCUT2D eigenvalue weighted by molar-refractivity contribution is 0.988. The van der Waals surface area contributed by atoms with Gasteiger partial charge in [-0.3, -0.25) is 0 Å². The van der Waals surface area contributed by atoms with E-state index in [-0.39, 0.29) is 0 Å². The number of aromatic amines is 1. The highest BCUT2D eigenvalue weighted by Crippen LogP contribution is 2.26. The fourth-order valence-corrected chi connectivity index (χ4v) is 2.96.